The van der Waals surface area contributed by atoms with Crippen LogP contribution < -0.4 is 14.2 Å². The van der Waals surface area contributed by atoms with Gasteiger partial charge in [-0.25, -0.2) is 0 Å². The van der Waals surface area contributed by atoms with Gasteiger partial charge < -0.3 is 23.8 Å². The molecule has 0 unspecified atom stereocenters. The number of carbonyl (C=O) groups is 2. The molecule has 38 heavy (non-hydrogen) atoms. The van der Waals surface area contributed by atoms with Crippen molar-refractivity contribution in [2.45, 2.75) is 52.0 Å². The Morgan fingerprint density at radius 1 is 0.974 bits per heavy atom. The molecule has 1 saturated heterocycles. The fraction of sp³-hybridized carbons (Fsp3) is 0.533. The first-order valence-electron chi connectivity index (χ1n) is 13.7. The molecule has 2 heterocycles. The first kappa shape index (κ1) is 27.8. The summed E-state index contributed by atoms with van der Waals surface area (Å²) in [5, 5.41) is 0. The maximum atomic E-state index is 13.6. The quantitative estimate of drug-likeness (QED) is 0.370. The summed E-state index contributed by atoms with van der Waals surface area (Å²) in [6.45, 7) is 8.77. The molecule has 0 spiro atoms. The topological polar surface area (TPSA) is 77.5 Å². The van der Waals surface area contributed by atoms with E-state index in [9.17, 15) is 9.59 Å². The van der Waals surface area contributed by atoms with Crippen LogP contribution in [0.1, 0.15) is 63.1 Å². The first-order valence-corrected chi connectivity index (χ1v) is 13.7. The summed E-state index contributed by atoms with van der Waals surface area (Å²) in [7, 11) is 1.63. The molecule has 2 aliphatic rings. The molecule has 0 bridgehead atoms. The van der Waals surface area contributed by atoms with Gasteiger partial charge >= 0.3 is 5.97 Å². The fourth-order valence-electron chi connectivity index (χ4n) is 5.55. The van der Waals surface area contributed by atoms with E-state index >= 15 is 0 Å². The van der Waals surface area contributed by atoms with Crippen LogP contribution in [0.5, 0.6) is 17.2 Å². The van der Waals surface area contributed by atoms with E-state index in [1.165, 1.54) is 0 Å². The Kier molecular flexibility index (Phi) is 9.50. The second kappa shape index (κ2) is 13.0. The van der Waals surface area contributed by atoms with Gasteiger partial charge in [-0.05, 0) is 55.2 Å². The Hall–Kier alpha value is -3.26. The Labute approximate surface area is 225 Å². The van der Waals surface area contributed by atoms with Crippen LogP contribution in [0.2, 0.25) is 0 Å². The number of nitrogens with zero attached hydrogens (tertiary/aromatic N) is 2. The van der Waals surface area contributed by atoms with Crippen molar-refractivity contribution < 1.29 is 28.5 Å². The molecule has 206 valence electrons. The predicted octanol–water partition coefficient (Wildman–Crippen LogP) is 4.78. The zero-order valence-corrected chi connectivity index (χ0v) is 23.0. The lowest BCUT2D eigenvalue weighted by atomic mass is 9.82. The number of ether oxygens (including phenoxy) is 4. The average Bonchev–Trinajstić information content (AvgIpc) is 3.55. The van der Waals surface area contributed by atoms with Gasteiger partial charge in [0, 0.05) is 31.6 Å². The Morgan fingerprint density at radius 3 is 2.39 bits per heavy atom. The molecule has 0 N–H and O–H groups in total. The van der Waals surface area contributed by atoms with E-state index in [0.29, 0.717) is 24.7 Å². The number of carbonyl (C=O) groups excluding carboxylic acids is 2. The Bertz CT molecular complexity index is 1090. The molecule has 8 nitrogen and oxygen atoms in total. The third-order valence-corrected chi connectivity index (χ3v) is 7.41. The van der Waals surface area contributed by atoms with Crippen LogP contribution in [-0.4, -0.2) is 68.4 Å². The average molecular weight is 525 g/mol. The second-order valence-corrected chi connectivity index (χ2v) is 9.88. The molecular weight excluding hydrogens is 484 g/mol. The maximum Gasteiger partial charge on any atom is 0.311 e. The number of rotatable bonds is 12. The highest BCUT2D eigenvalue weighted by molar-refractivity contribution is 5.80. The van der Waals surface area contributed by atoms with Crippen LogP contribution in [0.15, 0.2) is 42.5 Å². The second-order valence-electron chi connectivity index (χ2n) is 9.88. The number of amides is 1. The number of esters is 1. The summed E-state index contributed by atoms with van der Waals surface area (Å²) in [6.07, 6.45) is 2.91. The molecule has 2 aromatic rings. The Balaban J connectivity index is 1.72. The maximum absolute atomic E-state index is 13.6. The van der Waals surface area contributed by atoms with Gasteiger partial charge in [0.25, 0.3) is 0 Å². The van der Waals surface area contributed by atoms with Gasteiger partial charge in [0.2, 0.25) is 12.7 Å². The number of benzene rings is 2. The fourth-order valence-corrected chi connectivity index (χ4v) is 5.55. The number of hydrogen-bond acceptors (Lipinski definition) is 7. The van der Waals surface area contributed by atoms with E-state index in [-0.39, 0.29) is 37.2 Å². The van der Waals surface area contributed by atoms with E-state index in [1.807, 2.05) is 54.3 Å². The van der Waals surface area contributed by atoms with Gasteiger partial charge in [-0.1, -0.05) is 38.5 Å². The third kappa shape index (κ3) is 6.07. The molecule has 8 heteroatoms. The smallest absolute Gasteiger partial charge is 0.311 e. The van der Waals surface area contributed by atoms with Gasteiger partial charge in [0.05, 0.1) is 26.2 Å². The summed E-state index contributed by atoms with van der Waals surface area (Å²) in [5.74, 6) is 1.27. The summed E-state index contributed by atoms with van der Waals surface area (Å²) in [6, 6.07) is 13.3. The van der Waals surface area contributed by atoms with Crippen molar-refractivity contribution in [3.05, 3.63) is 53.6 Å². The number of unbranched alkanes of at least 4 members (excludes halogenated alkanes) is 1. The lowest BCUT2D eigenvalue weighted by Gasteiger charge is -2.30. The van der Waals surface area contributed by atoms with Crippen LogP contribution in [0.3, 0.4) is 0 Å². The summed E-state index contributed by atoms with van der Waals surface area (Å²) in [4.78, 5) is 31.2. The van der Waals surface area contributed by atoms with E-state index in [4.69, 9.17) is 18.9 Å². The summed E-state index contributed by atoms with van der Waals surface area (Å²) in [5.41, 5.74) is 1.92. The molecule has 2 aromatic carbocycles. The van der Waals surface area contributed by atoms with Gasteiger partial charge in [0.1, 0.15) is 5.75 Å². The highest BCUT2D eigenvalue weighted by Crippen LogP contribution is 2.48. The van der Waals surface area contributed by atoms with Gasteiger partial charge in [-0.3, -0.25) is 14.5 Å². The predicted molar refractivity (Wildman–Crippen MR) is 145 cm³/mol. The van der Waals surface area contributed by atoms with Crippen molar-refractivity contribution in [3.63, 3.8) is 0 Å². The normalized spacial score (nSPS) is 20.4. The first-order chi connectivity index (χ1) is 18.5. The molecule has 0 saturated carbocycles. The van der Waals surface area contributed by atoms with Crippen molar-refractivity contribution in [1.82, 2.24) is 9.80 Å². The summed E-state index contributed by atoms with van der Waals surface area (Å²) >= 11 is 0. The zero-order chi connectivity index (χ0) is 27.1. The van der Waals surface area contributed by atoms with Crippen molar-refractivity contribution in [1.29, 1.82) is 0 Å². The number of fused-ring (bicyclic) bond motifs is 1. The van der Waals surface area contributed by atoms with Crippen LogP contribution >= 0.6 is 0 Å². The minimum absolute atomic E-state index is 0.0905. The molecule has 3 atom stereocenters. The lowest BCUT2D eigenvalue weighted by Crippen LogP contribution is -2.42. The largest absolute Gasteiger partial charge is 0.497 e. The monoisotopic (exact) mass is 524 g/mol. The van der Waals surface area contributed by atoms with Crippen LogP contribution in [0, 0.1) is 5.92 Å². The van der Waals surface area contributed by atoms with Gasteiger partial charge in [-0.2, -0.15) is 0 Å². The minimum Gasteiger partial charge on any atom is -0.497 e. The highest BCUT2D eigenvalue weighted by Gasteiger charge is 2.49. The van der Waals surface area contributed by atoms with Crippen molar-refractivity contribution in [2.75, 3.05) is 46.7 Å². The molecule has 0 aromatic heterocycles. The van der Waals surface area contributed by atoms with E-state index < -0.39 is 5.92 Å². The molecular formula is C30H40N2O6. The van der Waals surface area contributed by atoms with Crippen molar-refractivity contribution in [3.8, 4) is 17.2 Å². The number of hydrogen-bond donors (Lipinski definition) is 0. The molecule has 0 aliphatic carbocycles. The van der Waals surface area contributed by atoms with E-state index in [2.05, 4.69) is 18.7 Å². The molecule has 1 amide bonds. The third-order valence-electron chi connectivity index (χ3n) is 7.41. The Morgan fingerprint density at radius 2 is 1.71 bits per heavy atom. The molecule has 0 radical (unpaired) electrons. The summed E-state index contributed by atoms with van der Waals surface area (Å²) < 4.78 is 22.1. The van der Waals surface area contributed by atoms with Gasteiger partial charge in [0.15, 0.2) is 11.5 Å². The van der Waals surface area contributed by atoms with Crippen LogP contribution in [0.25, 0.3) is 0 Å². The molecule has 2 aliphatic heterocycles. The van der Waals surface area contributed by atoms with Crippen LogP contribution in [-0.2, 0) is 14.3 Å². The van der Waals surface area contributed by atoms with Crippen molar-refractivity contribution >= 4 is 11.9 Å². The van der Waals surface area contributed by atoms with Crippen molar-refractivity contribution in [2.24, 2.45) is 5.92 Å². The van der Waals surface area contributed by atoms with Gasteiger partial charge in [-0.15, -0.1) is 0 Å². The number of methoxy groups -OCH3 is 1. The zero-order valence-electron chi connectivity index (χ0n) is 23.0. The molecule has 4 rings (SSSR count). The minimum atomic E-state index is -0.494. The highest BCUT2D eigenvalue weighted by atomic mass is 16.7. The lowest BCUT2D eigenvalue weighted by molar-refractivity contribution is -0.150. The van der Waals surface area contributed by atoms with E-state index in [0.717, 1.165) is 49.2 Å². The SMILES string of the molecule is CCCCN(CCC)C(=O)CN1C[C@H](c2ccc3c(c2)OCO3)[C@@H](C(=O)OCC)[C@@H]1c1ccc(OC)cc1. The van der Waals surface area contributed by atoms with Crippen LogP contribution in [0.4, 0.5) is 0 Å². The standard InChI is InChI=1S/C30H40N2O6/c1-5-8-16-31(15-6-2)27(33)19-32-18-24(22-11-14-25-26(17-22)38-20-37-25)28(30(34)36-7-3)29(32)21-9-12-23(35-4)13-10-21/h9-14,17,24,28-29H,5-8,15-16,18-20H2,1-4H3/t24-,28-,29+/m1/s1. The van der Waals surface area contributed by atoms with E-state index in [1.54, 1.807) is 7.11 Å². The number of likely N-dealkylation sites (tertiary alicyclic amines) is 1. The molecule has 1 fully saturated rings.